The Hall–Kier alpha value is -0.870. The standard InChI is InChI=1S/C18H20BrClN2/c19-16-8-3-1-6-14(16)18(15-7-2-4-9-17(15)20)22-12-5-10-21-11-13-22/h1-4,6-9,18,21H,5,10-13H2. The van der Waals surface area contributed by atoms with Crippen molar-refractivity contribution in [1.29, 1.82) is 0 Å². The Labute approximate surface area is 145 Å². The van der Waals surface area contributed by atoms with Gasteiger partial charge in [0.05, 0.1) is 6.04 Å². The average molecular weight is 380 g/mol. The first-order chi connectivity index (χ1) is 10.8. The minimum absolute atomic E-state index is 0.184. The van der Waals surface area contributed by atoms with Crippen molar-refractivity contribution in [2.75, 3.05) is 26.2 Å². The molecule has 0 saturated carbocycles. The second kappa shape index (κ2) is 7.60. The van der Waals surface area contributed by atoms with Gasteiger partial charge in [-0.05, 0) is 36.2 Å². The summed E-state index contributed by atoms with van der Waals surface area (Å²) in [4.78, 5) is 2.53. The zero-order chi connectivity index (χ0) is 15.4. The number of benzene rings is 2. The highest BCUT2D eigenvalue weighted by Gasteiger charge is 2.26. The molecule has 116 valence electrons. The van der Waals surface area contributed by atoms with Crippen molar-refractivity contribution in [3.8, 4) is 0 Å². The van der Waals surface area contributed by atoms with Crippen LogP contribution in [0.1, 0.15) is 23.6 Å². The zero-order valence-electron chi connectivity index (χ0n) is 12.4. The normalized spacial score (nSPS) is 17.9. The number of hydrogen-bond acceptors (Lipinski definition) is 2. The summed E-state index contributed by atoms with van der Waals surface area (Å²) in [6, 6.07) is 16.8. The van der Waals surface area contributed by atoms with Crippen molar-refractivity contribution in [2.24, 2.45) is 0 Å². The van der Waals surface area contributed by atoms with Crippen LogP contribution in [0, 0.1) is 0 Å². The maximum Gasteiger partial charge on any atom is 0.0628 e. The van der Waals surface area contributed by atoms with Crippen LogP contribution in [0.4, 0.5) is 0 Å². The van der Waals surface area contributed by atoms with E-state index in [1.165, 1.54) is 11.1 Å². The molecule has 2 aromatic carbocycles. The number of nitrogens with zero attached hydrogens (tertiary/aromatic N) is 1. The smallest absolute Gasteiger partial charge is 0.0628 e. The molecule has 1 heterocycles. The fraction of sp³-hybridized carbons (Fsp3) is 0.333. The lowest BCUT2D eigenvalue weighted by Crippen LogP contribution is -2.33. The van der Waals surface area contributed by atoms with Crippen LogP contribution in [0.15, 0.2) is 53.0 Å². The summed E-state index contributed by atoms with van der Waals surface area (Å²) in [6.45, 7) is 4.20. The minimum atomic E-state index is 0.184. The molecular weight excluding hydrogens is 360 g/mol. The Morgan fingerprint density at radius 3 is 2.45 bits per heavy atom. The lowest BCUT2D eigenvalue weighted by molar-refractivity contribution is 0.240. The minimum Gasteiger partial charge on any atom is -0.315 e. The van der Waals surface area contributed by atoms with E-state index in [2.05, 4.69) is 62.5 Å². The fourth-order valence-corrected chi connectivity index (χ4v) is 3.82. The van der Waals surface area contributed by atoms with Crippen LogP contribution in [-0.4, -0.2) is 31.1 Å². The second-order valence-electron chi connectivity index (χ2n) is 5.59. The molecule has 0 radical (unpaired) electrons. The number of rotatable bonds is 3. The summed E-state index contributed by atoms with van der Waals surface area (Å²) >= 11 is 10.2. The number of hydrogen-bond donors (Lipinski definition) is 1. The van der Waals surface area contributed by atoms with E-state index < -0.39 is 0 Å². The first kappa shape index (κ1) is 16.0. The van der Waals surface area contributed by atoms with Gasteiger partial charge in [-0.1, -0.05) is 63.9 Å². The van der Waals surface area contributed by atoms with E-state index in [0.29, 0.717) is 0 Å². The van der Waals surface area contributed by atoms with Gasteiger partial charge in [-0.3, -0.25) is 4.90 Å². The fourth-order valence-electron chi connectivity index (χ4n) is 3.08. The molecule has 2 aromatic rings. The van der Waals surface area contributed by atoms with Gasteiger partial charge in [-0.15, -0.1) is 0 Å². The first-order valence-electron chi connectivity index (χ1n) is 7.71. The Morgan fingerprint density at radius 2 is 1.68 bits per heavy atom. The van der Waals surface area contributed by atoms with Gasteiger partial charge in [-0.2, -0.15) is 0 Å². The quantitative estimate of drug-likeness (QED) is 0.845. The molecule has 0 bridgehead atoms. The zero-order valence-corrected chi connectivity index (χ0v) is 14.8. The van der Waals surface area contributed by atoms with Gasteiger partial charge < -0.3 is 5.32 Å². The van der Waals surface area contributed by atoms with Crippen molar-refractivity contribution in [3.63, 3.8) is 0 Å². The van der Waals surface area contributed by atoms with Gasteiger partial charge in [0, 0.05) is 29.1 Å². The predicted octanol–water partition coefficient (Wildman–Crippen LogP) is 4.49. The van der Waals surface area contributed by atoms with Gasteiger partial charge in [0.25, 0.3) is 0 Å². The van der Waals surface area contributed by atoms with E-state index in [-0.39, 0.29) is 6.04 Å². The predicted molar refractivity (Wildman–Crippen MR) is 96.5 cm³/mol. The number of nitrogens with one attached hydrogen (secondary N) is 1. The molecule has 1 fully saturated rings. The van der Waals surface area contributed by atoms with Crippen LogP contribution in [-0.2, 0) is 0 Å². The third-order valence-corrected chi connectivity index (χ3v) is 5.21. The monoisotopic (exact) mass is 378 g/mol. The molecule has 3 rings (SSSR count). The SMILES string of the molecule is Clc1ccccc1C(c1ccccc1Br)N1CCCNCC1. The molecule has 4 heteroatoms. The van der Waals surface area contributed by atoms with Crippen molar-refractivity contribution < 1.29 is 0 Å². The molecule has 0 aromatic heterocycles. The molecule has 2 nitrogen and oxygen atoms in total. The molecule has 1 atom stereocenters. The van der Waals surface area contributed by atoms with Gasteiger partial charge in [0.1, 0.15) is 0 Å². The summed E-state index contributed by atoms with van der Waals surface area (Å²) in [5.74, 6) is 0. The molecule has 22 heavy (non-hydrogen) atoms. The first-order valence-corrected chi connectivity index (χ1v) is 8.88. The summed E-state index contributed by atoms with van der Waals surface area (Å²) in [5, 5.41) is 4.31. The molecular formula is C18H20BrClN2. The van der Waals surface area contributed by atoms with E-state index in [9.17, 15) is 0 Å². The highest BCUT2D eigenvalue weighted by molar-refractivity contribution is 9.10. The van der Waals surface area contributed by atoms with E-state index in [0.717, 1.165) is 42.1 Å². The van der Waals surface area contributed by atoms with Crippen LogP contribution < -0.4 is 5.32 Å². The van der Waals surface area contributed by atoms with Gasteiger partial charge in [-0.25, -0.2) is 0 Å². The highest BCUT2D eigenvalue weighted by Crippen LogP contribution is 2.36. The van der Waals surface area contributed by atoms with Crippen LogP contribution in [0.5, 0.6) is 0 Å². The largest absolute Gasteiger partial charge is 0.315 e. The lowest BCUT2D eigenvalue weighted by atomic mass is 9.96. The topological polar surface area (TPSA) is 15.3 Å². The summed E-state index contributed by atoms with van der Waals surface area (Å²) in [5.41, 5.74) is 2.45. The summed E-state index contributed by atoms with van der Waals surface area (Å²) < 4.78 is 1.14. The lowest BCUT2D eigenvalue weighted by Gasteiger charge is -2.32. The van der Waals surface area contributed by atoms with Gasteiger partial charge in [0.15, 0.2) is 0 Å². The third-order valence-electron chi connectivity index (χ3n) is 4.14. The third kappa shape index (κ3) is 3.54. The van der Waals surface area contributed by atoms with Gasteiger partial charge >= 0.3 is 0 Å². The molecule has 1 aliphatic heterocycles. The van der Waals surface area contributed by atoms with Crippen LogP contribution in [0.25, 0.3) is 0 Å². The van der Waals surface area contributed by atoms with Crippen molar-refractivity contribution in [1.82, 2.24) is 10.2 Å². The van der Waals surface area contributed by atoms with E-state index in [1.54, 1.807) is 0 Å². The molecule has 0 aliphatic carbocycles. The van der Waals surface area contributed by atoms with Crippen LogP contribution in [0.3, 0.4) is 0 Å². The van der Waals surface area contributed by atoms with Crippen molar-refractivity contribution >= 4 is 27.5 Å². The Bertz CT molecular complexity index is 578. The Balaban J connectivity index is 2.06. The van der Waals surface area contributed by atoms with E-state index in [1.807, 2.05) is 12.1 Å². The van der Waals surface area contributed by atoms with E-state index in [4.69, 9.17) is 11.6 Å². The van der Waals surface area contributed by atoms with Gasteiger partial charge in [0.2, 0.25) is 0 Å². The summed E-state index contributed by atoms with van der Waals surface area (Å²) in [6.07, 6.45) is 1.16. The maximum absolute atomic E-state index is 6.52. The molecule has 1 aliphatic rings. The molecule has 1 saturated heterocycles. The van der Waals surface area contributed by atoms with E-state index >= 15 is 0 Å². The average Bonchev–Trinajstić information content (AvgIpc) is 2.80. The number of halogens is 2. The second-order valence-corrected chi connectivity index (χ2v) is 6.85. The maximum atomic E-state index is 6.52. The van der Waals surface area contributed by atoms with Crippen molar-refractivity contribution in [3.05, 3.63) is 69.2 Å². The van der Waals surface area contributed by atoms with Crippen molar-refractivity contribution in [2.45, 2.75) is 12.5 Å². The molecule has 0 amide bonds. The van der Waals surface area contributed by atoms with Crippen LogP contribution in [0.2, 0.25) is 5.02 Å². The van der Waals surface area contributed by atoms with Crippen LogP contribution >= 0.6 is 27.5 Å². The molecule has 0 spiro atoms. The molecule has 1 N–H and O–H groups in total. The molecule has 1 unspecified atom stereocenters. The Kier molecular flexibility index (Phi) is 5.53. The summed E-state index contributed by atoms with van der Waals surface area (Å²) in [7, 11) is 0. The Morgan fingerprint density at radius 1 is 0.955 bits per heavy atom. The highest BCUT2D eigenvalue weighted by atomic mass is 79.9.